The van der Waals surface area contributed by atoms with Gasteiger partial charge in [0.1, 0.15) is 11.5 Å². The summed E-state index contributed by atoms with van der Waals surface area (Å²) in [4.78, 5) is 16.6. The van der Waals surface area contributed by atoms with Crippen LogP contribution in [-0.4, -0.2) is 62.3 Å². The van der Waals surface area contributed by atoms with E-state index in [4.69, 9.17) is 9.47 Å². The summed E-state index contributed by atoms with van der Waals surface area (Å²) in [6.45, 7) is 7.63. The maximum Gasteiger partial charge on any atom is 0.322 e. The Morgan fingerprint density at radius 2 is 1.82 bits per heavy atom. The molecule has 6 heteroatoms. The summed E-state index contributed by atoms with van der Waals surface area (Å²) >= 11 is 0. The molecule has 0 bridgehead atoms. The van der Waals surface area contributed by atoms with E-state index in [1.165, 1.54) is 0 Å². The molecule has 0 unspecified atom stereocenters. The van der Waals surface area contributed by atoms with Gasteiger partial charge in [-0.3, -0.25) is 4.90 Å². The molecular weight excluding hydrogens is 282 g/mol. The van der Waals surface area contributed by atoms with Gasteiger partial charge in [0.25, 0.3) is 0 Å². The first-order valence-corrected chi connectivity index (χ1v) is 7.57. The average molecular weight is 307 g/mol. The zero-order chi connectivity index (χ0) is 16.1. The normalized spacial score (nSPS) is 15.8. The van der Waals surface area contributed by atoms with Crippen LogP contribution in [0.3, 0.4) is 0 Å². The van der Waals surface area contributed by atoms with Gasteiger partial charge in [-0.1, -0.05) is 0 Å². The van der Waals surface area contributed by atoms with Crippen molar-refractivity contribution in [2.45, 2.75) is 19.9 Å². The predicted molar refractivity (Wildman–Crippen MR) is 86.8 cm³/mol. The molecule has 2 amide bonds. The Morgan fingerprint density at radius 1 is 1.14 bits per heavy atom. The first-order chi connectivity index (χ1) is 10.5. The molecule has 1 aliphatic heterocycles. The van der Waals surface area contributed by atoms with Crippen LogP contribution in [0.2, 0.25) is 0 Å². The van der Waals surface area contributed by atoms with E-state index in [0.717, 1.165) is 26.2 Å². The number of piperazine rings is 1. The molecule has 1 heterocycles. The van der Waals surface area contributed by atoms with E-state index >= 15 is 0 Å². The van der Waals surface area contributed by atoms with Crippen LogP contribution < -0.4 is 14.8 Å². The lowest BCUT2D eigenvalue weighted by Gasteiger charge is -2.36. The van der Waals surface area contributed by atoms with Crippen molar-refractivity contribution in [2.75, 3.05) is 45.7 Å². The van der Waals surface area contributed by atoms with Crippen molar-refractivity contribution < 1.29 is 14.3 Å². The molecular formula is C16H25N3O3. The molecule has 122 valence electrons. The number of benzene rings is 1. The van der Waals surface area contributed by atoms with E-state index in [1.54, 1.807) is 32.4 Å². The van der Waals surface area contributed by atoms with Gasteiger partial charge in [-0.25, -0.2) is 4.79 Å². The molecule has 2 rings (SSSR count). The fraction of sp³-hybridized carbons (Fsp3) is 0.562. The average Bonchev–Trinajstić information content (AvgIpc) is 2.54. The second-order valence-electron chi connectivity index (χ2n) is 5.61. The molecule has 1 aliphatic rings. The highest BCUT2D eigenvalue weighted by Gasteiger charge is 2.23. The van der Waals surface area contributed by atoms with Crippen LogP contribution in [0.1, 0.15) is 13.8 Å². The van der Waals surface area contributed by atoms with E-state index in [9.17, 15) is 4.79 Å². The third kappa shape index (κ3) is 3.82. The van der Waals surface area contributed by atoms with Crippen LogP contribution in [0.5, 0.6) is 11.5 Å². The summed E-state index contributed by atoms with van der Waals surface area (Å²) in [5, 5.41) is 2.91. The SMILES string of the molecule is COc1ccc(OC)c(NC(=O)N2CCN(C(C)C)CC2)c1. The molecule has 1 aromatic carbocycles. The lowest BCUT2D eigenvalue weighted by molar-refractivity contribution is 0.125. The first kappa shape index (κ1) is 16.4. The number of nitrogens with one attached hydrogen (secondary N) is 1. The molecule has 1 fully saturated rings. The van der Waals surface area contributed by atoms with Gasteiger partial charge >= 0.3 is 6.03 Å². The molecule has 6 nitrogen and oxygen atoms in total. The van der Waals surface area contributed by atoms with Crippen LogP contribution in [0.15, 0.2) is 18.2 Å². The van der Waals surface area contributed by atoms with Gasteiger partial charge in [-0.05, 0) is 26.0 Å². The van der Waals surface area contributed by atoms with Gasteiger partial charge in [0.05, 0.1) is 19.9 Å². The predicted octanol–water partition coefficient (Wildman–Crippen LogP) is 2.26. The maximum absolute atomic E-state index is 12.4. The second kappa shape index (κ2) is 7.35. The van der Waals surface area contributed by atoms with Gasteiger partial charge in [0.2, 0.25) is 0 Å². The van der Waals surface area contributed by atoms with E-state index in [-0.39, 0.29) is 6.03 Å². The summed E-state index contributed by atoms with van der Waals surface area (Å²) < 4.78 is 10.5. The minimum atomic E-state index is -0.102. The summed E-state index contributed by atoms with van der Waals surface area (Å²) in [6.07, 6.45) is 0. The number of amides is 2. The molecule has 0 saturated carbocycles. The number of rotatable bonds is 4. The fourth-order valence-corrected chi connectivity index (χ4v) is 2.55. The number of carbonyl (C=O) groups is 1. The summed E-state index contributed by atoms with van der Waals surface area (Å²) in [7, 11) is 3.18. The van der Waals surface area contributed by atoms with E-state index in [0.29, 0.717) is 23.2 Å². The number of hydrogen-bond acceptors (Lipinski definition) is 4. The number of anilines is 1. The van der Waals surface area contributed by atoms with Gasteiger partial charge in [-0.2, -0.15) is 0 Å². The van der Waals surface area contributed by atoms with Crippen molar-refractivity contribution in [1.29, 1.82) is 0 Å². The summed E-state index contributed by atoms with van der Waals surface area (Å²) in [5.74, 6) is 1.30. The Morgan fingerprint density at radius 3 is 2.36 bits per heavy atom. The summed E-state index contributed by atoms with van der Waals surface area (Å²) in [5.41, 5.74) is 0.623. The van der Waals surface area contributed by atoms with Gasteiger partial charge in [0, 0.05) is 38.3 Å². The zero-order valence-electron chi connectivity index (χ0n) is 13.8. The number of nitrogens with zero attached hydrogens (tertiary/aromatic N) is 2. The molecule has 1 N–H and O–H groups in total. The van der Waals surface area contributed by atoms with Gasteiger partial charge in [-0.15, -0.1) is 0 Å². The lowest BCUT2D eigenvalue weighted by Crippen LogP contribution is -2.51. The molecule has 0 spiro atoms. The largest absolute Gasteiger partial charge is 0.497 e. The van der Waals surface area contributed by atoms with Gasteiger partial charge < -0.3 is 19.7 Å². The lowest BCUT2D eigenvalue weighted by atomic mass is 10.2. The van der Waals surface area contributed by atoms with Crippen molar-refractivity contribution in [3.8, 4) is 11.5 Å². The molecule has 1 aromatic rings. The minimum Gasteiger partial charge on any atom is -0.497 e. The van der Waals surface area contributed by atoms with Crippen molar-refractivity contribution >= 4 is 11.7 Å². The van der Waals surface area contributed by atoms with E-state index < -0.39 is 0 Å². The Hall–Kier alpha value is -1.95. The summed E-state index contributed by atoms with van der Waals surface area (Å²) in [6, 6.07) is 5.76. The Bertz CT molecular complexity index is 511. The highest BCUT2D eigenvalue weighted by Crippen LogP contribution is 2.29. The quantitative estimate of drug-likeness (QED) is 0.927. The Kier molecular flexibility index (Phi) is 5.49. The second-order valence-corrected chi connectivity index (χ2v) is 5.61. The van der Waals surface area contributed by atoms with Crippen molar-refractivity contribution in [3.05, 3.63) is 18.2 Å². The van der Waals surface area contributed by atoms with Crippen LogP contribution in [0.25, 0.3) is 0 Å². The number of urea groups is 1. The smallest absolute Gasteiger partial charge is 0.322 e. The standard InChI is InChI=1S/C16H25N3O3/c1-12(2)18-7-9-19(10-8-18)16(20)17-14-11-13(21-3)5-6-15(14)22-4/h5-6,11-12H,7-10H2,1-4H3,(H,17,20). The number of methoxy groups -OCH3 is 2. The highest BCUT2D eigenvalue weighted by molar-refractivity contribution is 5.91. The van der Waals surface area contributed by atoms with Crippen molar-refractivity contribution in [2.24, 2.45) is 0 Å². The van der Waals surface area contributed by atoms with Crippen LogP contribution >= 0.6 is 0 Å². The first-order valence-electron chi connectivity index (χ1n) is 7.57. The van der Waals surface area contributed by atoms with Crippen LogP contribution in [-0.2, 0) is 0 Å². The third-order valence-corrected chi connectivity index (χ3v) is 3.98. The van der Waals surface area contributed by atoms with Crippen molar-refractivity contribution in [3.63, 3.8) is 0 Å². The molecule has 0 aliphatic carbocycles. The number of hydrogen-bond donors (Lipinski definition) is 1. The van der Waals surface area contributed by atoms with Gasteiger partial charge in [0.15, 0.2) is 0 Å². The zero-order valence-corrected chi connectivity index (χ0v) is 13.8. The minimum absolute atomic E-state index is 0.102. The maximum atomic E-state index is 12.4. The molecule has 1 saturated heterocycles. The monoisotopic (exact) mass is 307 g/mol. The number of carbonyl (C=O) groups excluding carboxylic acids is 1. The van der Waals surface area contributed by atoms with E-state index in [1.807, 2.05) is 4.90 Å². The molecule has 0 aromatic heterocycles. The molecule has 0 radical (unpaired) electrons. The molecule has 0 atom stereocenters. The third-order valence-electron chi connectivity index (χ3n) is 3.98. The Labute approximate surface area is 132 Å². The number of ether oxygens (including phenoxy) is 2. The Balaban J connectivity index is 2.00. The highest BCUT2D eigenvalue weighted by atomic mass is 16.5. The fourth-order valence-electron chi connectivity index (χ4n) is 2.55. The van der Waals surface area contributed by atoms with Crippen molar-refractivity contribution in [1.82, 2.24) is 9.80 Å². The van der Waals surface area contributed by atoms with E-state index in [2.05, 4.69) is 24.1 Å². The molecule has 22 heavy (non-hydrogen) atoms. The topological polar surface area (TPSA) is 54.0 Å². The van der Waals surface area contributed by atoms with Crippen LogP contribution in [0, 0.1) is 0 Å². The van der Waals surface area contributed by atoms with Crippen LogP contribution in [0.4, 0.5) is 10.5 Å².